The first-order valence-corrected chi connectivity index (χ1v) is 8.26. The quantitative estimate of drug-likeness (QED) is 0.855. The summed E-state index contributed by atoms with van der Waals surface area (Å²) in [6.07, 6.45) is 5.01. The van der Waals surface area contributed by atoms with E-state index in [9.17, 15) is 0 Å². The summed E-state index contributed by atoms with van der Waals surface area (Å²) in [5, 5.41) is 3.72. The molecule has 112 valence electrons. The van der Waals surface area contributed by atoms with Gasteiger partial charge in [-0.1, -0.05) is 44.5 Å². The number of benzene rings is 1. The molecule has 2 rings (SSSR count). The van der Waals surface area contributed by atoms with Gasteiger partial charge in [0.1, 0.15) is 0 Å². The lowest BCUT2D eigenvalue weighted by Crippen LogP contribution is -2.56. The minimum atomic E-state index is 0.694. The fraction of sp³-hybridized carbons (Fsp3) is 0.667. The van der Waals surface area contributed by atoms with Crippen molar-refractivity contribution in [3.05, 3.63) is 35.4 Å². The Bertz CT molecular complexity index is 402. The smallest absolute Gasteiger partial charge is 0.0218 e. The number of rotatable bonds is 6. The van der Waals surface area contributed by atoms with Crippen LogP contribution in [-0.4, -0.2) is 36.6 Å². The lowest BCUT2D eigenvalue weighted by molar-refractivity contribution is 0.124. The Kier molecular flexibility index (Phi) is 6.06. The van der Waals surface area contributed by atoms with Crippen molar-refractivity contribution in [1.82, 2.24) is 10.2 Å². The largest absolute Gasteiger partial charge is 0.311 e. The van der Waals surface area contributed by atoms with E-state index in [0.29, 0.717) is 12.1 Å². The summed E-state index contributed by atoms with van der Waals surface area (Å²) >= 11 is 0. The Morgan fingerprint density at radius 3 is 2.75 bits per heavy atom. The van der Waals surface area contributed by atoms with Crippen LogP contribution >= 0.6 is 0 Å². The second kappa shape index (κ2) is 7.80. The Balaban J connectivity index is 1.92. The van der Waals surface area contributed by atoms with Crippen molar-refractivity contribution in [1.29, 1.82) is 0 Å². The molecule has 0 bridgehead atoms. The van der Waals surface area contributed by atoms with Crippen molar-refractivity contribution in [3.8, 4) is 0 Å². The molecule has 1 N–H and O–H groups in total. The molecule has 0 aliphatic carbocycles. The maximum absolute atomic E-state index is 3.72. The van der Waals surface area contributed by atoms with Gasteiger partial charge in [-0.2, -0.15) is 0 Å². The molecule has 2 atom stereocenters. The third-order valence-electron chi connectivity index (χ3n) is 4.65. The molecular weight excluding hydrogens is 244 g/mol. The van der Waals surface area contributed by atoms with E-state index in [1.165, 1.54) is 49.9 Å². The average molecular weight is 274 g/mol. The maximum Gasteiger partial charge on any atom is 0.0218 e. The molecule has 2 nitrogen and oxygen atoms in total. The standard InChI is InChI=1S/C18H30N2/c1-4-8-17-14-20(18(5-2)13-19-17)12-11-16-10-7-6-9-15(16)3/h6-7,9-10,17-19H,4-5,8,11-14H2,1-3H3. The van der Waals surface area contributed by atoms with Gasteiger partial charge in [-0.25, -0.2) is 0 Å². The van der Waals surface area contributed by atoms with E-state index in [4.69, 9.17) is 0 Å². The van der Waals surface area contributed by atoms with Crippen LogP contribution in [0, 0.1) is 6.92 Å². The van der Waals surface area contributed by atoms with Gasteiger partial charge in [0.05, 0.1) is 0 Å². The van der Waals surface area contributed by atoms with Gasteiger partial charge in [0.25, 0.3) is 0 Å². The molecule has 0 radical (unpaired) electrons. The monoisotopic (exact) mass is 274 g/mol. The number of nitrogens with zero attached hydrogens (tertiary/aromatic N) is 1. The van der Waals surface area contributed by atoms with E-state index in [1.807, 2.05) is 0 Å². The Morgan fingerprint density at radius 1 is 1.25 bits per heavy atom. The van der Waals surface area contributed by atoms with Gasteiger partial charge >= 0.3 is 0 Å². The molecular formula is C18H30N2. The van der Waals surface area contributed by atoms with E-state index in [0.717, 1.165) is 6.54 Å². The summed E-state index contributed by atoms with van der Waals surface area (Å²) in [6.45, 7) is 10.4. The second-order valence-electron chi connectivity index (χ2n) is 6.13. The molecule has 2 unspecified atom stereocenters. The van der Waals surface area contributed by atoms with Crippen molar-refractivity contribution in [2.45, 2.75) is 58.5 Å². The van der Waals surface area contributed by atoms with Crippen LogP contribution in [0.25, 0.3) is 0 Å². The molecule has 20 heavy (non-hydrogen) atoms. The van der Waals surface area contributed by atoms with Gasteiger partial charge < -0.3 is 5.32 Å². The van der Waals surface area contributed by atoms with Crippen LogP contribution in [0.15, 0.2) is 24.3 Å². The SMILES string of the molecule is CCCC1CN(CCc2ccccc2C)C(CC)CN1. The van der Waals surface area contributed by atoms with Crippen LogP contribution in [-0.2, 0) is 6.42 Å². The first-order valence-electron chi connectivity index (χ1n) is 8.26. The van der Waals surface area contributed by atoms with E-state index < -0.39 is 0 Å². The number of nitrogens with one attached hydrogen (secondary N) is 1. The highest BCUT2D eigenvalue weighted by molar-refractivity contribution is 5.25. The molecule has 1 heterocycles. The van der Waals surface area contributed by atoms with Crippen molar-refractivity contribution < 1.29 is 0 Å². The van der Waals surface area contributed by atoms with Gasteiger partial charge in [-0.05, 0) is 37.3 Å². The molecule has 0 amide bonds. The lowest BCUT2D eigenvalue weighted by atomic mass is 10.0. The van der Waals surface area contributed by atoms with Gasteiger partial charge in [-0.15, -0.1) is 0 Å². The van der Waals surface area contributed by atoms with E-state index in [1.54, 1.807) is 0 Å². The zero-order valence-corrected chi connectivity index (χ0v) is 13.4. The van der Waals surface area contributed by atoms with Crippen LogP contribution in [0.2, 0.25) is 0 Å². The maximum atomic E-state index is 3.72. The minimum absolute atomic E-state index is 0.694. The summed E-state index contributed by atoms with van der Waals surface area (Å²) in [7, 11) is 0. The van der Waals surface area contributed by atoms with E-state index in [2.05, 4.69) is 55.3 Å². The summed E-state index contributed by atoms with van der Waals surface area (Å²) in [6, 6.07) is 10.2. The summed E-state index contributed by atoms with van der Waals surface area (Å²) in [4.78, 5) is 2.71. The summed E-state index contributed by atoms with van der Waals surface area (Å²) < 4.78 is 0. The number of aryl methyl sites for hydroxylation is 1. The molecule has 1 aromatic rings. The Morgan fingerprint density at radius 2 is 2.05 bits per heavy atom. The summed E-state index contributed by atoms with van der Waals surface area (Å²) in [5.41, 5.74) is 2.94. The molecule has 0 saturated carbocycles. The predicted molar refractivity (Wildman–Crippen MR) is 87.2 cm³/mol. The zero-order valence-electron chi connectivity index (χ0n) is 13.4. The Labute approximate surface area is 124 Å². The first-order chi connectivity index (χ1) is 9.74. The van der Waals surface area contributed by atoms with Crippen molar-refractivity contribution in [2.24, 2.45) is 0 Å². The second-order valence-corrected chi connectivity index (χ2v) is 6.13. The van der Waals surface area contributed by atoms with Gasteiger partial charge in [0, 0.05) is 31.7 Å². The molecule has 1 fully saturated rings. The van der Waals surface area contributed by atoms with Gasteiger partial charge in [0.15, 0.2) is 0 Å². The number of hydrogen-bond acceptors (Lipinski definition) is 2. The van der Waals surface area contributed by atoms with Crippen molar-refractivity contribution in [2.75, 3.05) is 19.6 Å². The zero-order chi connectivity index (χ0) is 14.4. The van der Waals surface area contributed by atoms with Crippen LogP contribution in [0.4, 0.5) is 0 Å². The third-order valence-corrected chi connectivity index (χ3v) is 4.65. The number of piperazine rings is 1. The van der Waals surface area contributed by atoms with E-state index >= 15 is 0 Å². The predicted octanol–water partition coefficient (Wildman–Crippen LogP) is 3.39. The topological polar surface area (TPSA) is 15.3 Å². The fourth-order valence-corrected chi connectivity index (χ4v) is 3.30. The fourth-order valence-electron chi connectivity index (χ4n) is 3.30. The molecule has 1 aromatic carbocycles. The molecule has 0 spiro atoms. The molecule has 1 aliphatic heterocycles. The third kappa shape index (κ3) is 4.07. The molecule has 2 heteroatoms. The highest BCUT2D eigenvalue weighted by atomic mass is 15.2. The van der Waals surface area contributed by atoms with E-state index in [-0.39, 0.29) is 0 Å². The van der Waals surface area contributed by atoms with Crippen LogP contribution in [0.1, 0.15) is 44.2 Å². The van der Waals surface area contributed by atoms with Crippen LogP contribution in [0.5, 0.6) is 0 Å². The van der Waals surface area contributed by atoms with Crippen LogP contribution in [0.3, 0.4) is 0 Å². The van der Waals surface area contributed by atoms with Gasteiger partial charge in [-0.3, -0.25) is 4.90 Å². The first kappa shape index (κ1) is 15.5. The molecule has 1 aliphatic rings. The normalized spacial score (nSPS) is 23.9. The highest BCUT2D eigenvalue weighted by Crippen LogP contribution is 2.15. The minimum Gasteiger partial charge on any atom is -0.311 e. The number of hydrogen-bond donors (Lipinski definition) is 1. The Hall–Kier alpha value is -0.860. The van der Waals surface area contributed by atoms with Crippen molar-refractivity contribution in [3.63, 3.8) is 0 Å². The average Bonchev–Trinajstić information content (AvgIpc) is 2.47. The van der Waals surface area contributed by atoms with Crippen molar-refractivity contribution >= 4 is 0 Å². The highest BCUT2D eigenvalue weighted by Gasteiger charge is 2.25. The molecule has 0 aromatic heterocycles. The van der Waals surface area contributed by atoms with Crippen LogP contribution < -0.4 is 5.32 Å². The summed E-state index contributed by atoms with van der Waals surface area (Å²) in [5.74, 6) is 0. The van der Waals surface area contributed by atoms with Gasteiger partial charge in [0.2, 0.25) is 0 Å². The molecule has 1 saturated heterocycles. The lowest BCUT2D eigenvalue weighted by Gasteiger charge is -2.40.